The van der Waals surface area contributed by atoms with E-state index in [9.17, 15) is 14.7 Å². The van der Waals surface area contributed by atoms with E-state index in [0.717, 1.165) is 31.7 Å². The second kappa shape index (κ2) is 8.68. The molecule has 1 aliphatic heterocycles. The van der Waals surface area contributed by atoms with Crippen molar-refractivity contribution in [3.63, 3.8) is 0 Å². The summed E-state index contributed by atoms with van der Waals surface area (Å²) in [6.45, 7) is 7.89. The van der Waals surface area contributed by atoms with Gasteiger partial charge in [-0.15, -0.1) is 11.3 Å². The number of carbonyl (C=O) groups excluding carboxylic acids is 2. The number of fused-ring (bicyclic) bond motifs is 2. The summed E-state index contributed by atoms with van der Waals surface area (Å²) in [5, 5.41) is 16.3. The van der Waals surface area contributed by atoms with E-state index < -0.39 is 11.3 Å². The molecule has 6 nitrogen and oxygen atoms in total. The van der Waals surface area contributed by atoms with Crippen LogP contribution >= 0.6 is 22.9 Å². The van der Waals surface area contributed by atoms with Gasteiger partial charge in [0.2, 0.25) is 11.8 Å². The van der Waals surface area contributed by atoms with Crippen molar-refractivity contribution < 1.29 is 14.7 Å². The van der Waals surface area contributed by atoms with E-state index in [2.05, 4.69) is 6.58 Å². The lowest BCUT2D eigenvalue weighted by Gasteiger charge is -2.40. The number of hydrogen-bond donors (Lipinski definition) is 1. The maximum atomic E-state index is 14.3. The fourth-order valence-corrected chi connectivity index (χ4v) is 7.45. The zero-order chi connectivity index (χ0) is 26.9. The number of rotatable bonds is 4. The monoisotopic (exact) mass is 543 g/mol. The summed E-state index contributed by atoms with van der Waals surface area (Å²) in [4.78, 5) is 30.4. The molecule has 8 heteroatoms. The number of imide groups is 1. The Morgan fingerprint density at radius 1 is 1.18 bits per heavy atom. The number of carbonyl (C=O) groups is 2. The summed E-state index contributed by atoms with van der Waals surface area (Å²) in [7, 11) is 1.76. The van der Waals surface area contributed by atoms with Gasteiger partial charge >= 0.3 is 0 Å². The predicted molar refractivity (Wildman–Crippen MR) is 152 cm³/mol. The van der Waals surface area contributed by atoms with Crippen LogP contribution in [0.4, 0.5) is 5.82 Å². The molecule has 1 aliphatic carbocycles. The highest BCUT2D eigenvalue weighted by Crippen LogP contribution is 2.57. The Balaban J connectivity index is 1.44. The van der Waals surface area contributed by atoms with Crippen LogP contribution in [0.3, 0.4) is 0 Å². The average molecular weight is 544 g/mol. The van der Waals surface area contributed by atoms with Gasteiger partial charge < -0.3 is 5.11 Å². The van der Waals surface area contributed by atoms with Crippen molar-refractivity contribution in [2.75, 3.05) is 4.90 Å². The summed E-state index contributed by atoms with van der Waals surface area (Å²) in [5.41, 5.74) is 2.51. The molecule has 2 amide bonds. The number of aryl methyl sites for hydroxylation is 2. The number of thiophene rings is 1. The summed E-state index contributed by atoms with van der Waals surface area (Å²) in [5.74, 6) is -0.785. The number of phenols is 1. The topological polar surface area (TPSA) is 75.4 Å². The lowest BCUT2D eigenvalue weighted by atomic mass is 9.60. The van der Waals surface area contributed by atoms with E-state index in [1.807, 2.05) is 56.3 Å². The molecule has 2 aliphatic rings. The average Bonchev–Trinajstić information content (AvgIpc) is 3.49. The van der Waals surface area contributed by atoms with Gasteiger partial charge in [-0.25, -0.2) is 4.90 Å². The third-order valence-corrected chi connectivity index (χ3v) is 9.64. The first kappa shape index (κ1) is 24.6. The normalized spacial score (nSPS) is 23.2. The van der Waals surface area contributed by atoms with Crippen LogP contribution in [0, 0.1) is 18.3 Å². The van der Waals surface area contributed by atoms with E-state index in [1.165, 1.54) is 4.90 Å². The summed E-state index contributed by atoms with van der Waals surface area (Å²) in [6, 6.07) is 14.5. The molecule has 2 aromatic heterocycles. The van der Waals surface area contributed by atoms with Gasteiger partial charge in [0.05, 0.1) is 16.2 Å². The summed E-state index contributed by atoms with van der Waals surface area (Å²) >= 11 is 7.84. The Morgan fingerprint density at radius 3 is 2.63 bits per heavy atom. The van der Waals surface area contributed by atoms with Crippen molar-refractivity contribution in [3.8, 4) is 16.3 Å². The Kier molecular flexibility index (Phi) is 5.63. The van der Waals surface area contributed by atoms with Crippen molar-refractivity contribution in [2.24, 2.45) is 18.4 Å². The van der Waals surface area contributed by atoms with Crippen molar-refractivity contribution >= 4 is 50.7 Å². The quantitative estimate of drug-likeness (QED) is 0.288. The van der Waals surface area contributed by atoms with Crippen molar-refractivity contribution in [3.05, 3.63) is 89.0 Å². The highest BCUT2D eigenvalue weighted by molar-refractivity contribution is 7.22. The van der Waals surface area contributed by atoms with Gasteiger partial charge in [0.15, 0.2) is 0 Å². The van der Waals surface area contributed by atoms with E-state index >= 15 is 0 Å². The van der Waals surface area contributed by atoms with Crippen LogP contribution in [0.25, 0.3) is 20.7 Å². The molecule has 2 aromatic carbocycles. The zero-order valence-electron chi connectivity index (χ0n) is 21.2. The van der Waals surface area contributed by atoms with Gasteiger partial charge in [0.25, 0.3) is 0 Å². The number of aromatic hydroxyl groups is 1. The van der Waals surface area contributed by atoms with Gasteiger partial charge in [0, 0.05) is 28.8 Å². The number of amides is 2. The zero-order valence-corrected chi connectivity index (χ0v) is 22.8. The van der Waals surface area contributed by atoms with E-state index in [-0.39, 0.29) is 23.5 Å². The van der Waals surface area contributed by atoms with Crippen LogP contribution in [0.15, 0.2) is 72.8 Å². The number of benzene rings is 2. The van der Waals surface area contributed by atoms with Gasteiger partial charge in [-0.05, 0) is 72.7 Å². The molecule has 1 fully saturated rings. The van der Waals surface area contributed by atoms with Crippen molar-refractivity contribution in [2.45, 2.75) is 26.2 Å². The number of allylic oxidation sites excluding steroid dienone is 3. The molecule has 6 rings (SSSR count). The number of phenolic OH excluding ortho intramolecular Hbond substituents is 1. The third kappa shape index (κ3) is 3.42. The minimum Gasteiger partial charge on any atom is -0.508 e. The lowest BCUT2D eigenvalue weighted by molar-refractivity contribution is -0.127. The first-order chi connectivity index (χ1) is 18.1. The fourth-order valence-electron chi connectivity index (χ4n) is 6.13. The molecule has 0 spiro atoms. The van der Waals surface area contributed by atoms with Gasteiger partial charge in [-0.2, -0.15) is 5.10 Å². The smallest absolute Gasteiger partial charge is 0.242 e. The van der Waals surface area contributed by atoms with E-state index in [4.69, 9.17) is 16.7 Å². The fraction of sp³-hybridized carbons (Fsp3) is 0.233. The highest BCUT2D eigenvalue weighted by atomic mass is 35.5. The van der Waals surface area contributed by atoms with E-state index in [0.29, 0.717) is 23.0 Å². The Bertz CT molecular complexity index is 1680. The first-order valence-corrected chi connectivity index (χ1v) is 13.6. The maximum absolute atomic E-state index is 14.3. The second-order valence-electron chi connectivity index (χ2n) is 10.2. The predicted octanol–water partition coefficient (Wildman–Crippen LogP) is 6.76. The largest absolute Gasteiger partial charge is 0.508 e. The third-order valence-electron chi connectivity index (χ3n) is 8.11. The van der Waals surface area contributed by atoms with E-state index in [1.54, 1.807) is 41.3 Å². The minimum absolute atomic E-state index is 0.145. The molecule has 4 aromatic rings. The van der Waals surface area contributed by atoms with Gasteiger partial charge in [0.1, 0.15) is 17.3 Å². The SMILES string of the molecule is C=CC1=CC[C@H]2C(=O)N(c3cc(-c4sc5ccc(Cl)cc5c4C)nn3C)C(=O)[C@@]2(C)[C@H]1c1ccc(O)cc1. The van der Waals surface area contributed by atoms with Crippen LogP contribution in [-0.4, -0.2) is 26.7 Å². The Labute approximate surface area is 229 Å². The van der Waals surface area contributed by atoms with Gasteiger partial charge in [-0.3, -0.25) is 14.3 Å². The molecule has 38 heavy (non-hydrogen) atoms. The molecule has 1 saturated heterocycles. The number of nitrogens with zero attached hydrogens (tertiary/aromatic N) is 3. The minimum atomic E-state index is -1.01. The first-order valence-electron chi connectivity index (χ1n) is 12.4. The van der Waals surface area contributed by atoms with Gasteiger partial charge in [-0.1, -0.05) is 42.5 Å². The number of halogens is 1. The van der Waals surface area contributed by atoms with Crippen LogP contribution in [0.1, 0.15) is 30.4 Å². The van der Waals surface area contributed by atoms with Crippen LogP contribution in [-0.2, 0) is 16.6 Å². The standard InChI is InChI=1S/C30H26ClN3O3S/c1-5-17-8-12-22-28(36)34(29(37)30(22,3)26(17)18-6-10-20(35)11-7-18)25-15-23(32-33(25)4)27-16(2)21-14-19(31)9-13-24(21)38-27/h5-11,13-15,22,26,35H,1,12H2,2-4H3/t22-,26+,30+/m0/s1. The van der Waals surface area contributed by atoms with Crippen LogP contribution < -0.4 is 4.90 Å². The molecule has 3 atom stereocenters. The van der Waals surface area contributed by atoms with Crippen LogP contribution in [0.2, 0.25) is 5.02 Å². The maximum Gasteiger partial charge on any atom is 0.242 e. The summed E-state index contributed by atoms with van der Waals surface area (Å²) in [6.07, 6.45) is 4.22. The van der Waals surface area contributed by atoms with Crippen molar-refractivity contribution in [1.82, 2.24) is 9.78 Å². The molecular weight excluding hydrogens is 518 g/mol. The number of hydrogen-bond acceptors (Lipinski definition) is 5. The molecule has 0 bridgehead atoms. The molecule has 3 heterocycles. The molecule has 0 radical (unpaired) electrons. The van der Waals surface area contributed by atoms with Crippen LogP contribution in [0.5, 0.6) is 5.75 Å². The Hall–Kier alpha value is -3.68. The highest BCUT2D eigenvalue weighted by Gasteiger charge is 2.62. The molecular formula is C30H26ClN3O3S. The molecule has 0 unspecified atom stereocenters. The molecule has 1 N–H and O–H groups in total. The number of anilines is 1. The van der Waals surface area contributed by atoms with Crippen molar-refractivity contribution in [1.29, 1.82) is 0 Å². The molecule has 0 saturated carbocycles. The molecule has 192 valence electrons. The lowest BCUT2D eigenvalue weighted by Crippen LogP contribution is -2.41. The Morgan fingerprint density at radius 2 is 1.92 bits per heavy atom. The number of aromatic nitrogens is 2. The summed E-state index contributed by atoms with van der Waals surface area (Å²) < 4.78 is 2.71. The second-order valence-corrected chi connectivity index (χ2v) is 11.7.